The number of aromatic nitrogens is 1. The van der Waals surface area contributed by atoms with Crippen molar-refractivity contribution >= 4 is 0 Å². The molecule has 86 valence electrons. The third-order valence-electron chi connectivity index (χ3n) is 5.01. The molecule has 2 heteroatoms. The van der Waals surface area contributed by atoms with Gasteiger partial charge in [-0.15, -0.1) is 0 Å². The fourth-order valence-corrected chi connectivity index (χ4v) is 3.61. The molecule has 2 bridgehead atoms. The van der Waals surface area contributed by atoms with Crippen LogP contribution in [0.2, 0.25) is 0 Å². The topological polar surface area (TPSA) is 33.1 Å². The van der Waals surface area contributed by atoms with Crippen LogP contribution in [0.25, 0.3) is 0 Å². The van der Waals surface area contributed by atoms with Gasteiger partial charge in [-0.25, -0.2) is 0 Å². The van der Waals surface area contributed by atoms with Gasteiger partial charge in [0.05, 0.1) is 0 Å². The van der Waals surface area contributed by atoms with E-state index in [1.165, 1.54) is 44.1 Å². The number of rotatable bonds is 2. The van der Waals surface area contributed by atoms with Crippen molar-refractivity contribution < 1.29 is 5.11 Å². The summed E-state index contributed by atoms with van der Waals surface area (Å²) < 4.78 is 0. The van der Waals surface area contributed by atoms with E-state index < -0.39 is 0 Å². The molecule has 0 aromatic carbocycles. The Balaban J connectivity index is 1.89. The lowest BCUT2D eigenvalue weighted by molar-refractivity contribution is -0.00698. The third-order valence-corrected chi connectivity index (χ3v) is 5.01. The lowest BCUT2D eigenvalue weighted by Gasteiger charge is -2.53. The van der Waals surface area contributed by atoms with E-state index in [1.807, 2.05) is 18.5 Å². The minimum atomic E-state index is 0.268. The van der Waals surface area contributed by atoms with Crippen molar-refractivity contribution in [2.75, 3.05) is 6.61 Å². The maximum absolute atomic E-state index is 9.51. The number of aliphatic hydroxyl groups is 1. The highest BCUT2D eigenvalue weighted by Gasteiger charge is 2.48. The minimum absolute atomic E-state index is 0.268. The van der Waals surface area contributed by atoms with Crippen molar-refractivity contribution in [3.05, 3.63) is 30.1 Å². The van der Waals surface area contributed by atoms with Crippen LogP contribution in [0.4, 0.5) is 0 Å². The van der Waals surface area contributed by atoms with Gasteiger partial charge >= 0.3 is 0 Å². The van der Waals surface area contributed by atoms with Crippen LogP contribution >= 0.6 is 0 Å². The van der Waals surface area contributed by atoms with Gasteiger partial charge in [-0.1, -0.05) is 6.07 Å². The van der Waals surface area contributed by atoms with Gasteiger partial charge in [0.2, 0.25) is 0 Å². The van der Waals surface area contributed by atoms with Crippen LogP contribution in [-0.2, 0) is 5.41 Å². The molecule has 3 aliphatic rings. The van der Waals surface area contributed by atoms with Gasteiger partial charge in [0.25, 0.3) is 0 Å². The second-order valence-electron chi connectivity index (χ2n) is 5.68. The summed E-state index contributed by atoms with van der Waals surface area (Å²) in [6.07, 6.45) is 11.2. The number of fused-ring (bicyclic) bond motifs is 3. The molecule has 16 heavy (non-hydrogen) atoms. The first-order valence-corrected chi connectivity index (χ1v) is 6.30. The first kappa shape index (κ1) is 10.3. The Bertz CT molecular complexity index is 349. The van der Waals surface area contributed by atoms with Crippen molar-refractivity contribution in [1.29, 1.82) is 0 Å². The summed E-state index contributed by atoms with van der Waals surface area (Å²) >= 11 is 0. The SMILES string of the molecule is OCC12CCC(c3cccnc3)(CC1)CC2. The molecule has 0 aliphatic heterocycles. The van der Waals surface area contributed by atoms with Crippen LogP contribution in [0, 0.1) is 5.41 Å². The average molecular weight is 217 g/mol. The Hall–Kier alpha value is -0.890. The first-order valence-electron chi connectivity index (χ1n) is 6.30. The van der Waals surface area contributed by atoms with Crippen LogP contribution in [0.5, 0.6) is 0 Å². The smallest absolute Gasteiger partial charge is 0.0487 e. The Morgan fingerprint density at radius 2 is 1.81 bits per heavy atom. The fraction of sp³-hybridized carbons (Fsp3) is 0.643. The summed E-state index contributed by atoms with van der Waals surface area (Å²) in [5.41, 5.74) is 2.07. The minimum Gasteiger partial charge on any atom is -0.396 e. The van der Waals surface area contributed by atoms with Crippen molar-refractivity contribution in [2.45, 2.75) is 43.9 Å². The van der Waals surface area contributed by atoms with E-state index in [0.717, 1.165) is 0 Å². The molecule has 3 fully saturated rings. The van der Waals surface area contributed by atoms with E-state index in [0.29, 0.717) is 12.0 Å². The summed E-state index contributed by atoms with van der Waals surface area (Å²) in [7, 11) is 0. The molecule has 1 aromatic rings. The van der Waals surface area contributed by atoms with E-state index in [-0.39, 0.29) is 5.41 Å². The van der Waals surface area contributed by atoms with Crippen molar-refractivity contribution in [3.8, 4) is 0 Å². The predicted molar refractivity (Wildman–Crippen MR) is 63.1 cm³/mol. The highest BCUT2D eigenvalue weighted by molar-refractivity contribution is 5.25. The van der Waals surface area contributed by atoms with Crippen molar-refractivity contribution in [3.63, 3.8) is 0 Å². The third kappa shape index (κ3) is 1.40. The molecule has 0 atom stereocenters. The number of nitrogens with zero attached hydrogens (tertiary/aromatic N) is 1. The quantitative estimate of drug-likeness (QED) is 0.826. The standard InChI is InChI=1S/C14H19NO/c16-11-13-3-6-14(7-4-13,8-5-13)12-2-1-9-15-10-12/h1-2,9-10,16H,3-8,11H2. The summed E-state index contributed by atoms with van der Waals surface area (Å²) in [5, 5.41) is 9.51. The highest BCUT2D eigenvalue weighted by Crippen LogP contribution is 2.57. The Morgan fingerprint density at radius 1 is 1.12 bits per heavy atom. The van der Waals surface area contributed by atoms with Gasteiger partial charge in [-0.3, -0.25) is 4.98 Å². The van der Waals surface area contributed by atoms with Gasteiger partial charge in [0.15, 0.2) is 0 Å². The molecule has 0 unspecified atom stereocenters. The van der Waals surface area contributed by atoms with Gasteiger partial charge in [-0.05, 0) is 61.0 Å². The monoisotopic (exact) mass is 217 g/mol. The molecule has 0 amide bonds. The molecule has 1 N–H and O–H groups in total. The fourth-order valence-electron chi connectivity index (χ4n) is 3.61. The Kier molecular flexibility index (Phi) is 2.28. The zero-order chi connectivity index (χ0) is 11.1. The average Bonchev–Trinajstić information content (AvgIpc) is 2.42. The van der Waals surface area contributed by atoms with Crippen molar-refractivity contribution in [2.24, 2.45) is 5.41 Å². The lowest BCUT2D eigenvalue weighted by atomic mass is 9.52. The van der Waals surface area contributed by atoms with Gasteiger partial charge in [0.1, 0.15) is 0 Å². The van der Waals surface area contributed by atoms with E-state index in [2.05, 4.69) is 11.1 Å². The molecule has 1 heterocycles. The molecule has 0 spiro atoms. The largest absolute Gasteiger partial charge is 0.396 e. The molecule has 0 radical (unpaired) electrons. The van der Waals surface area contributed by atoms with Crippen LogP contribution in [0.1, 0.15) is 44.1 Å². The van der Waals surface area contributed by atoms with E-state index >= 15 is 0 Å². The molecular weight excluding hydrogens is 198 g/mol. The number of hydrogen-bond donors (Lipinski definition) is 1. The predicted octanol–water partition coefficient (Wildman–Crippen LogP) is 2.67. The van der Waals surface area contributed by atoms with Gasteiger partial charge in [0, 0.05) is 19.0 Å². The summed E-state index contributed by atoms with van der Waals surface area (Å²) in [4.78, 5) is 4.26. The molecule has 0 saturated heterocycles. The first-order chi connectivity index (χ1) is 7.79. The molecule has 3 aliphatic carbocycles. The maximum atomic E-state index is 9.51. The summed E-state index contributed by atoms with van der Waals surface area (Å²) in [6, 6.07) is 4.27. The number of pyridine rings is 1. The lowest BCUT2D eigenvalue weighted by Crippen LogP contribution is -2.45. The van der Waals surface area contributed by atoms with E-state index in [9.17, 15) is 5.11 Å². The second-order valence-corrected chi connectivity index (χ2v) is 5.68. The van der Waals surface area contributed by atoms with Gasteiger partial charge < -0.3 is 5.11 Å². The van der Waals surface area contributed by atoms with Crippen LogP contribution in [0.3, 0.4) is 0 Å². The van der Waals surface area contributed by atoms with Crippen LogP contribution < -0.4 is 0 Å². The molecule has 1 aromatic heterocycles. The van der Waals surface area contributed by atoms with E-state index in [1.54, 1.807) is 0 Å². The molecule has 4 rings (SSSR count). The molecule has 3 saturated carbocycles. The number of aliphatic hydroxyl groups excluding tert-OH is 1. The molecule has 2 nitrogen and oxygen atoms in total. The number of hydrogen-bond acceptors (Lipinski definition) is 2. The second kappa shape index (κ2) is 3.56. The Labute approximate surface area is 96.7 Å². The van der Waals surface area contributed by atoms with Crippen molar-refractivity contribution in [1.82, 2.24) is 4.98 Å². The van der Waals surface area contributed by atoms with E-state index in [4.69, 9.17) is 0 Å². The Morgan fingerprint density at radius 3 is 2.31 bits per heavy atom. The molecular formula is C14H19NO. The normalized spacial score (nSPS) is 37.6. The maximum Gasteiger partial charge on any atom is 0.0487 e. The van der Waals surface area contributed by atoms with Crippen LogP contribution in [-0.4, -0.2) is 16.7 Å². The zero-order valence-electron chi connectivity index (χ0n) is 9.65. The highest BCUT2D eigenvalue weighted by atomic mass is 16.3. The summed E-state index contributed by atoms with van der Waals surface area (Å²) in [5.74, 6) is 0. The zero-order valence-corrected chi connectivity index (χ0v) is 9.65. The van der Waals surface area contributed by atoms with Gasteiger partial charge in [-0.2, -0.15) is 0 Å². The van der Waals surface area contributed by atoms with Crippen LogP contribution in [0.15, 0.2) is 24.5 Å². The summed E-state index contributed by atoms with van der Waals surface area (Å²) in [6.45, 7) is 0.385.